The molecule has 0 aromatic heterocycles. The van der Waals surface area contributed by atoms with E-state index in [1.54, 1.807) is 23.4 Å². The van der Waals surface area contributed by atoms with Gasteiger partial charge < -0.3 is 30.6 Å². The van der Waals surface area contributed by atoms with E-state index in [1.807, 2.05) is 20.8 Å². The van der Waals surface area contributed by atoms with Crippen molar-refractivity contribution in [1.82, 2.24) is 4.90 Å². The van der Waals surface area contributed by atoms with Gasteiger partial charge in [0, 0.05) is 30.8 Å². The van der Waals surface area contributed by atoms with Gasteiger partial charge in [0.05, 0.1) is 0 Å². The molecule has 156 valence electrons. The normalized spacial score (nSPS) is 28.1. The summed E-state index contributed by atoms with van der Waals surface area (Å²) < 4.78 is 16.8. The lowest BCUT2D eigenvalue weighted by molar-refractivity contribution is -0.155. The van der Waals surface area contributed by atoms with E-state index < -0.39 is 42.3 Å². The molecule has 0 aromatic rings. The van der Waals surface area contributed by atoms with E-state index in [4.69, 9.17) is 25.7 Å². The van der Waals surface area contributed by atoms with E-state index in [1.165, 1.54) is 6.92 Å². The van der Waals surface area contributed by atoms with Crippen LogP contribution >= 0.6 is 0 Å². The van der Waals surface area contributed by atoms with Crippen molar-refractivity contribution in [3.63, 3.8) is 0 Å². The Balaban J connectivity index is 2.13. The number of rotatable bonds is 7. The molecule has 2 heterocycles. The first kappa shape index (κ1) is 21.9. The Morgan fingerprint density at radius 3 is 2.61 bits per heavy atom. The van der Waals surface area contributed by atoms with E-state index in [0.29, 0.717) is 12.0 Å². The average Bonchev–Trinajstić information content (AvgIpc) is 2.94. The molecule has 2 rings (SSSR count). The van der Waals surface area contributed by atoms with Crippen LogP contribution in [0.1, 0.15) is 34.1 Å². The van der Waals surface area contributed by atoms with Crippen LogP contribution in [0.25, 0.3) is 0 Å². The second-order valence-corrected chi connectivity index (χ2v) is 7.45. The summed E-state index contributed by atoms with van der Waals surface area (Å²) >= 11 is 0. The van der Waals surface area contributed by atoms with Crippen LogP contribution in [-0.2, 0) is 28.6 Å². The van der Waals surface area contributed by atoms with Crippen LogP contribution < -0.4 is 11.5 Å². The van der Waals surface area contributed by atoms with Gasteiger partial charge in [-0.2, -0.15) is 0 Å². The SMILES string of the molecule is CC(=O)O[C@@H]1[C@H](C)[C@@H](COC(=O)[C@@H](N)C(C)C)O[C@H]1N1C=CCC(C(N)=O)=C1. The van der Waals surface area contributed by atoms with Gasteiger partial charge in [0.25, 0.3) is 0 Å². The van der Waals surface area contributed by atoms with Gasteiger partial charge in [0.2, 0.25) is 5.91 Å². The maximum Gasteiger partial charge on any atom is 0.323 e. The van der Waals surface area contributed by atoms with Crippen LogP contribution in [0.2, 0.25) is 0 Å². The van der Waals surface area contributed by atoms with E-state index in [0.717, 1.165) is 0 Å². The highest BCUT2D eigenvalue weighted by Crippen LogP contribution is 2.33. The lowest BCUT2D eigenvalue weighted by Crippen LogP contribution is -2.40. The quantitative estimate of drug-likeness (QED) is 0.591. The molecule has 9 nitrogen and oxygen atoms in total. The number of carbonyl (C=O) groups is 3. The number of carbonyl (C=O) groups excluding carboxylic acids is 3. The molecule has 28 heavy (non-hydrogen) atoms. The standard InChI is InChI=1S/C19H29N3O6/c1-10(2)15(20)19(25)26-9-14-11(3)16(27-12(4)23)18(28-14)22-7-5-6-13(8-22)17(21)24/h5,7-8,10-11,14-16,18H,6,9,20H2,1-4H3,(H2,21,24)/t11-,14-,15+,16-,18-/m1/s1. The first-order valence-electron chi connectivity index (χ1n) is 9.31. The first-order valence-corrected chi connectivity index (χ1v) is 9.31. The van der Waals surface area contributed by atoms with Crippen molar-refractivity contribution in [2.75, 3.05) is 6.61 Å². The Kier molecular flexibility index (Phi) is 7.20. The van der Waals surface area contributed by atoms with Gasteiger partial charge in [-0.05, 0) is 12.3 Å². The molecule has 9 heteroatoms. The molecule has 0 bridgehead atoms. The monoisotopic (exact) mass is 395 g/mol. The topological polar surface area (TPSA) is 134 Å². The number of esters is 2. The Morgan fingerprint density at radius 1 is 1.36 bits per heavy atom. The third-order valence-electron chi connectivity index (χ3n) is 4.91. The molecular formula is C19H29N3O6. The van der Waals surface area contributed by atoms with Gasteiger partial charge in [-0.1, -0.05) is 26.8 Å². The fourth-order valence-corrected chi connectivity index (χ4v) is 3.07. The summed E-state index contributed by atoms with van der Waals surface area (Å²) in [5, 5.41) is 0. The van der Waals surface area contributed by atoms with Crippen molar-refractivity contribution >= 4 is 17.8 Å². The summed E-state index contributed by atoms with van der Waals surface area (Å²) in [7, 11) is 0. The van der Waals surface area contributed by atoms with Crippen molar-refractivity contribution in [1.29, 1.82) is 0 Å². The molecule has 0 saturated carbocycles. The van der Waals surface area contributed by atoms with Crippen LogP contribution in [0.15, 0.2) is 24.0 Å². The highest BCUT2D eigenvalue weighted by molar-refractivity contribution is 5.92. The third kappa shape index (κ3) is 5.11. The maximum atomic E-state index is 12.0. The number of primary amides is 1. The van der Waals surface area contributed by atoms with Gasteiger partial charge in [-0.3, -0.25) is 14.4 Å². The summed E-state index contributed by atoms with van der Waals surface area (Å²) in [6.07, 6.45) is 3.72. The first-order chi connectivity index (χ1) is 13.1. The Labute approximate surface area is 164 Å². The highest BCUT2D eigenvalue weighted by Gasteiger charge is 2.47. The smallest absolute Gasteiger partial charge is 0.323 e. The Morgan fingerprint density at radius 2 is 2.04 bits per heavy atom. The zero-order chi connectivity index (χ0) is 21.0. The number of hydrogen-bond donors (Lipinski definition) is 2. The van der Waals surface area contributed by atoms with Crippen molar-refractivity contribution < 1.29 is 28.6 Å². The molecule has 5 atom stereocenters. The van der Waals surface area contributed by atoms with Gasteiger partial charge in [-0.25, -0.2) is 0 Å². The third-order valence-corrected chi connectivity index (χ3v) is 4.91. The molecule has 4 N–H and O–H groups in total. The maximum absolute atomic E-state index is 12.0. The fraction of sp³-hybridized carbons (Fsp3) is 0.632. The molecule has 2 aliphatic heterocycles. The molecule has 1 saturated heterocycles. The van der Waals surface area contributed by atoms with Gasteiger partial charge in [-0.15, -0.1) is 0 Å². The number of amides is 1. The molecular weight excluding hydrogens is 366 g/mol. The van der Waals surface area contributed by atoms with Crippen LogP contribution in [0.4, 0.5) is 0 Å². The van der Waals surface area contributed by atoms with Crippen LogP contribution in [-0.4, -0.2) is 53.8 Å². The van der Waals surface area contributed by atoms with Crippen molar-refractivity contribution in [2.24, 2.45) is 23.3 Å². The average molecular weight is 395 g/mol. The van der Waals surface area contributed by atoms with Crippen LogP contribution in [0.3, 0.4) is 0 Å². The predicted molar refractivity (Wildman–Crippen MR) is 100 cm³/mol. The van der Waals surface area contributed by atoms with E-state index >= 15 is 0 Å². The molecule has 0 aliphatic carbocycles. The predicted octanol–water partition coefficient (Wildman–Crippen LogP) is 0.394. The summed E-state index contributed by atoms with van der Waals surface area (Å²) in [6, 6.07) is -0.720. The number of nitrogens with two attached hydrogens (primary N) is 2. The molecule has 0 unspecified atom stereocenters. The minimum Gasteiger partial charge on any atom is -0.462 e. The Bertz CT molecular complexity index is 675. The summed E-state index contributed by atoms with van der Waals surface area (Å²) in [5.74, 6) is -1.79. The van der Waals surface area contributed by atoms with Gasteiger partial charge in [0.1, 0.15) is 18.8 Å². The zero-order valence-corrected chi connectivity index (χ0v) is 16.7. The van der Waals surface area contributed by atoms with E-state index in [9.17, 15) is 14.4 Å². The fourth-order valence-electron chi connectivity index (χ4n) is 3.07. The Hall–Kier alpha value is -2.39. The largest absolute Gasteiger partial charge is 0.462 e. The lowest BCUT2D eigenvalue weighted by Gasteiger charge is -2.30. The van der Waals surface area contributed by atoms with Gasteiger partial charge >= 0.3 is 11.9 Å². The summed E-state index contributed by atoms with van der Waals surface area (Å²) in [6.45, 7) is 6.81. The summed E-state index contributed by atoms with van der Waals surface area (Å²) in [4.78, 5) is 36.8. The number of nitrogens with zero attached hydrogens (tertiary/aromatic N) is 1. The van der Waals surface area contributed by atoms with E-state index in [2.05, 4.69) is 0 Å². The molecule has 0 spiro atoms. The summed E-state index contributed by atoms with van der Waals surface area (Å²) in [5.41, 5.74) is 11.6. The molecule has 1 amide bonds. The lowest BCUT2D eigenvalue weighted by atomic mass is 10.00. The zero-order valence-electron chi connectivity index (χ0n) is 16.7. The van der Waals surface area contributed by atoms with E-state index in [-0.39, 0.29) is 18.4 Å². The highest BCUT2D eigenvalue weighted by atomic mass is 16.6. The van der Waals surface area contributed by atoms with Gasteiger partial charge in [0.15, 0.2) is 12.3 Å². The second kappa shape index (κ2) is 9.20. The van der Waals surface area contributed by atoms with Crippen molar-refractivity contribution in [3.05, 3.63) is 24.0 Å². The van der Waals surface area contributed by atoms with Crippen molar-refractivity contribution in [2.45, 2.75) is 58.6 Å². The number of hydrogen-bond acceptors (Lipinski definition) is 8. The second-order valence-electron chi connectivity index (χ2n) is 7.45. The molecule has 0 radical (unpaired) electrons. The number of allylic oxidation sites excluding steroid dienone is 1. The van der Waals surface area contributed by atoms with Crippen LogP contribution in [0, 0.1) is 11.8 Å². The molecule has 2 aliphatic rings. The minimum absolute atomic E-state index is 0.0152. The number of ether oxygens (including phenoxy) is 3. The molecule has 1 fully saturated rings. The molecule has 0 aromatic carbocycles. The minimum atomic E-state index is -0.720. The van der Waals surface area contributed by atoms with Crippen molar-refractivity contribution in [3.8, 4) is 0 Å². The van der Waals surface area contributed by atoms with Crippen LogP contribution in [0.5, 0.6) is 0 Å².